The minimum Gasteiger partial charge on any atom is -0.277 e. The lowest BCUT2D eigenvalue weighted by molar-refractivity contribution is 0.0537. The number of hydroxylamine groups is 1. The van der Waals surface area contributed by atoms with Crippen LogP contribution in [-0.2, 0) is 20.4 Å². The molecule has 0 atom stereocenters. The Morgan fingerprint density at radius 1 is 1.10 bits per heavy atom. The number of sulfone groups is 1. The summed E-state index contributed by atoms with van der Waals surface area (Å²) in [6, 6.07) is 14.8. The summed E-state index contributed by atoms with van der Waals surface area (Å²) in [5.41, 5.74) is 3.08. The van der Waals surface area contributed by atoms with Crippen molar-refractivity contribution in [3.63, 3.8) is 0 Å². The van der Waals surface area contributed by atoms with E-state index in [1.807, 2.05) is 6.07 Å². The summed E-state index contributed by atoms with van der Waals surface area (Å²) in [7, 11) is -2.19. The molecule has 0 fully saturated rings. The van der Waals surface area contributed by atoms with Crippen molar-refractivity contribution in [3.05, 3.63) is 65.7 Å². The zero-order chi connectivity index (χ0) is 15.3. The topological polar surface area (TPSA) is 72.5 Å². The van der Waals surface area contributed by atoms with Gasteiger partial charge < -0.3 is 0 Å². The van der Waals surface area contributed by atoms with Gasteiger partial charge in [-0.25, -0.2) is 13.9 Å². The van der Waals surface area contributed by atoms with Crippen LogP contribution in [-0.4, -0.2) is 21.4 Å². The van der Waals surface area contributed by atoms with Gasteiger partial charge in [0.25, 0.3) is 5.91 Å². The summed E-state index contributed by atoms with van der Waals surface area (Å²) < 4.78 is 24.7. The van der Waals surface area contributed by atoms with E-state index in [1.165, 1.54) is 31.4 Å². The van der Waals surface area contributed by atoms with Crippen molar-refractivity contribution in [1.82, 2.24) is 5.48 Å². The minimum absolute atomic E-state index is 0.107. The quantitative estimate of drug-likeness (QED) is 0.857. The van der Waals surface area contributed by atoms with Crippen LogP contribution < -0.4 is 5.48 Å². The van der Waals surface area contributed by atoms with Gasteiger partial charge in [0.05, 0.1) is 17.8 Å². The van der Waals surface area contributed by atoms with Crippen LogP contribution in [0.2, 0.25) is 0 Å². The average Bonchev–Trinajstić information content (AvgIpc) is 2.48. The number of carbonyl (C=O) groups is 1. The van der Waals surface area contributed by atoms with Crippen molar-refractivity contribution in [2.24, 2.45) is 0 Å². The highest BCUT2D eigenvalue weighted by molar-refractivity contribution is 7.90. The molecule has 0 aliphatic heterocycles. The maximum Gasteiger partial charge on any atom is 0.274 e. The Kier molecular flexibility index (Phi) is 4.72. The van der Waals surface area contributed by atoms with E-state index in [-0.39, 0.29) is 16.2 Å². The molecular weight excluding hydrogens is 290 g/mol. The van der Waals surface area contributed by atoms with Gasteiger partial charge in [0.1, 0.15) is 0 Å². The predicted octanol–water partition coefficient (Wildman–Crippen LogP) is 1.95. The average molecular weight is 305 g/mol. The smallest absolute Gasteiger partial charge is 0.274 e. The van der Waals surface area contributed by atoms with Crippen LogP contribution in [0.4, 0.5) is 0 Å². The molecule has 0 heterocycles. The third kappa shape index (κ3) is 3.90. The Morgan fingerprint density at radius 3 is 2.48 bits per heavy atom. The third-order valence-corrected chi connectivity index (χ3v) is 4.54. The van der Waals surface area contributed by atoms with Gasteiger partial charge in [0, 0.05) is 5.56 Å². The van der Waals surface area contributed by atoms with E-state index >= 15 is 0 Å². The Bertz CT molecular complexity index is 726. The first-order valence-electron chi connectivity index (χ1n) is 6.23. The van der Waals surface area contributed by atoms with E-state index in [0.29, 0.717) is 5.56 Å². The largest absolute Gasteiger partial charge is 0.277 e. The lowest BCUT2D eigenvalue weighted by Crippen LogP contribution is -2.22. The molecular formula is C15H15NO4S. The SMILES string of the molecule is CONC(=O)c1cccc(S(=O)(=O)Cc2ccccc2)c1. The molecule has 0 radical (unpaired) electrons. The van der Waals surface area contributed by atoms with Crippen molar-refractivity contribution >= 4 is 15.7 Å². The van der Waals surface area contributed by atoms with Gasteiger partial charge in [-0.05, 0) is 23.8 Å². The lowest BCUT2D eigenvalue weighted by atomic mass is 10.2. The Balaban J connectivity index is 2.28. The van der Waals surface area contributed by atoms with Gasteiger partial charge in [-0.15, -0.1) is 0 Å². The molecule has 6 heteroatoms. The number of benzene rings is 2. The Morgan fingerprint density at radius 2 is 1.81 bits per heavy atom. The number of rotatable bonds is 5. The van der Waals surface area contributed by atoms with E-state index in [4.69, 9.17) is 0 Å². The van der Waals surface area contributed by atoms with Crippen LogP contribution in [0.15, 0.2) is 59.5 Å². The van der Waals surface area contributed by atoms with Crippen LogP contribution >= 0.6 is 0 Å². The monoisotopic (exact) mass is 305 g/mol. The maximum atomic E-state index is 12.4. The second kappa shape index (κ2) is 6.51. The number of nitrogens with one attached hydrogen (secondary N) is 1. The molecule has 0 saturated heterocycles. The molecule has 0 saturated carbocycles. The molecule has 1 amide bonds. The van der Waals surface area contributed by atoms with Gasteiger partial charge in [-0.3, -0.25) is 9.63 Å². The molecule has 0 aliphatic rings. The molecule has 0 spiro atoms. The molecule has 0 aromatic heterocycles. The summed E-state index contributed by atoms with van der Waals surface area (Å²) in [4.78, 5) is 16.3. The highest BCUT2D eigenvalue weighted by Gasteiger charge is 2.17. The summed E-state index contributed by atoms with van der Waals surface area (Å²) in [6.07, 6.45) is 0. The fourth-order valence-corrected chi connectivity index (χ4v) is 3.25. The molecule has 0 unspecified atom stereocenters. The molecule has 2 aromatic rings. The molecule has 110 valence electrons. The number of hydrogen-bond acceptors (Lipinski definition) is 4. The normalized spacial score (nSPS) is 11.1. The summed E-state index contributed by atoms with van der Waals surface area (Å²) in [5, 5.41) is 0. The maximum absolute atomic E-state index is 12.4. The number of carbonyl (C=O) groups excluding carboxylic acids is 1. The first kappa shape index (κ1) is 15.2. The van der Waals surface area contributed by atoms with E-state index in [9.17, 15) is 13.2 Å². The van der Waals surface area contributed by atoms with Gasteiger partial charge in [-0.2, -0.15) is 0 Å². The molecule has 1 N–H and O–H groups in total. The van der Waals surface area contributed by atoms with Crippen LogP contribution in [0.25, 0.3) is 0 Å². The van der Waals surface area contributed by atoms with Crippen molar-refractivity contribution in [1.29, 1.82) is 0 Å². The first-order valence-corrected chi connectivity index (χ1v) is 7.88. The number of amides is 1. The van der Waals surface area contributed by atoms with Crippen molar-refractivity contribution in [2.45, 2.75) is 10.6 Å². The fraction of sp³-hybridized carbons (Fsp3) is 0.133. The standard InChI is InChI=1S/C15H15NO4S/c1-20-16-15(17)13-8-5-9-14(10-13)21(18,19)11-12-6-3-2-4-7-12/h2-10H,11H2,1H3,(H,16,17). The van der Waals surface area contributed by atoms with Crippen LogP contribution in [0.1, 0.15) is 15.9 Å². The minimum atomic E-state index is -3.51. The second-order valence-corrected chi connectivity index (χ2v) is 6.40. The molecule has 2 rings (SSSR count). The Labute approximate surface area is 123 Å². The first-order chi connectivity index (χ1) is 10.0. The molecule has 2 aromatic carbocycles. The van der Waals surface area contributed by atoms with Gasteiger partial charge >= 0.3 is 0 Å². The predicted molar refractivity (Wildman–Crippen MR) is 78.2 cm³/mol. The lowest BCUT2D eigenvalue weighted by Gasteiger charge is -2.07. The fourth-order valence-electron chi connectivity index (χ4n) is 1.86. The van der Waals surface area contributed by atoms with E-state index < -0.39 is 15.7 Å². The van der Waals surface area contributed by atoms with Crippen molar-refractivity contribution < 1.29 is 18.0 Å². The third-order valence-electron chi connectivity index (χ3n) is 2.85. The van der Waals surface area contributed by atoms with Gasteiger partial charge in [0.15, 0.2) is 9.84 Å². The van der Waals surface area contributed by atoms with E-state index in [1.54, 1.807) is 24.3 Å². The van der Waals surface area contributed by atoms with E-state index in [2.05, 4.69) is 10.3 Å². The summed E-state index contributed by atoms with van der Waals surface area (Å²) in [6.45, 7) is 0. The van der Waals surface area contributed by atoms with Crippen molar-refractivity contribution in [2.75, 3.05) is 7.11 Å². The molecule has 0 bridgehead atoms. The van der Waals surface area contributed by atoms with Gasteiger partial charge in [0.2, 0.25) is 0 Å². The molecule has 21 heavy (non-hydrogen) atoms. The summed E-state index contributed by atoms with van der Waals surface area (Å²) in [5.74, 6) is -0.599. The van der Waals surface area contributed by atoms with Gasteiger partial charge in [-0.1, -0.05) is 36.4 Å². The highest BCUT2D eigenvalue weighted by atomic mass is 32.2. The van der Waals surface area contributed by atoms with Crippen molar-refractivity contribution in [3.8, 4) is 0 Å². The van der Waals surface area contributed by atoms with Crippen LogP contribution in [0, 0.1) is 0 Å². The van der Waals surface area contributed by atoms with E-state index in [0.717, 1.165) is 0 Å². The summed E-state index contributed by atoms with van der Waals surface area (Å²) >= 11 is 0. The zero-order valence-electron chi connectivity index (χ0n) is 11.4. The molecule has 0 aliphatic carbocycles. The molecule has 5 nitrogen and oxygen atoms in total. The van der Waals surface area contributed by atoms with Crippen LogP contribution in [0.3, 0.4) is 0 Å². The van der Waals surface area contributed by atoms with Crippen LogP contribution in [0.5, 0.6) is 0 Å². The zero-order valence-corrected chi connectivity index (χ0v) is 12.3. The number of hydrogen-bond donors (Lipinski definition) is 1. The highest BCUT2D eigenvalue weighted by Crippen LogP contribution is 2.17. The Hall–Kier alpha value is -2.18. The second-order valence-electron chi connectivity index (χ2n) is 4.41.